The zero-order valence-electron chi connectivity index (χ0n) is 12.3. The largest absolute Gasteiger partial charge is 0.382 e. The Hall–Kier alpha value is -2.65. The fourth-order valence-electron chi connectivity index (χ4n) is 1.99. The summed E-state index contributed by atoms with van der Waals surface area (Å²) in [6, 6.07) is 9.45. The van der Waals surface area contributed by atoms with Crippen molar-refractivity contribution in [2.24, 2.45) is 0 Å². The molecule has 3 rings (SSSR count). The summed E-state index contributed by atoms with van der Waals surface area (Å²) in [5.41, 5.74) is 8.43. The molecule has 0 atom stereocenters. The normalized spacial score (nSPS) is 9.91. The third-order valence-electron chi connectivity index (χ3n) is 2.87. The molecule has 6 nitrogen and oxygen atoms in total. The topological polar surface area (TPSA) is 93.4 Å². The first-order valence-corrected chi connectivity index (χ1v) is 7.18. The number of imidazole rings is 1. The van der Waals surface area contributed by atoms with E-state index in [9.17, 15) is 0 Å². The minimum Gasteiger partial charge on any atom is -0.382 e. The summed E-state index contributed by atoms with van der Waals surface area (Å²) in [6.07, 6.45) is 1.63. The lowest BCUT2D eigenvalue weighted by Gasteiger charge is -2.04. The SMILES string of the molecule is CC.N#Cc1cccc(Cn2cnc3c(N)nc(Cl)nc32)c1. The molecule has 0 amide bonds. The summed E-state index contributed by atoms with van der Waals surface area (Å²) in [5, 5.41) is 8.99. The van der Waals surface area contributed by atoms with Crippen LogP contribution in [-0.4, -0.2) is 19.5 Å². The Kier molecular flexibility index (Phi) is 4.92. The molecule has 2 aromatic heterocycles. The fraction of sp³-hybridized carbons (Fsp3) is 0.200. The maximum Gasteiger partial charge on any atom is 0.226 e. The molecule has 1 aromatic carbocycles. The van der Waals surface area contributed by atoms with Crippen molar-refractivity contribution in [2.45, 2.75) is 20.4 Å². The van der Waals surface area contributed by atoms with Crippen molar-refractivity contribution in [2.75, 3.05) is 5.73 Å². The number of nitrogen functional groups attached to an aromatic ring is 1. The van der Waals surface area contributed by atoms with E-state index in [0.29, 0.717) is 23.3 Å². The highest BCUT2D eigenvalue weighted by Gasteiger charge is 2.10. The van der Waals surface area contributed by atoms with E-state index in [1.807, 2.05) is 36.6 Å². The molecule has 0 radical (unpaired) electrons. The van der Waals surface area contributed by atoms with Gasteiger partial charge in [0.25, 0.3) is 0 Å². The van der Waals surface area contributed by atoms with Crippen LogP contribution in [0.2, 0.25) is 5.28 Å². The van der Waals surface area contributed by atoms with Crippen LogP contribution in [0.1, 0.15) is 25.0 Å². The molecule has 7 heteroatoms. The molecule has 0 saturated carbocycles. The van der Waals surface area contributed by atoms with Crippen molar-refractivity contribution in [3.05, 3.63) is 47.0 Å². The van der Waals surface area contributed by atoms with Crippen molar-refractivity contribution >= 4 is 28.6 Å². The molecule has 3 aromatic rings. The van der Waals surface area contributed by atoms with Gasteiger partial charge in [-0.25, -0.2) is 4.98 Å². The van der Waals surface area contributed by atoms with Gasteiger partial charge in [0.15, 0.2) is 11.5 Å². The summed E-state index contributed by atoms with van der Waals surface area (Å²) < 4.78 is 1.82. The molecular weight excluding hydrogens is 300 g/mol. The average Bonchev–Trinajstić information content (AvgIpc) is 2.93. The highest BCUT2D eigenvalue weighted by Crippen LogP contribution is 2.19. The monoisotopic (exact) mass is 314 g/mol. The Labute approximate surface area is 133 Å². The molecule has 0 bridgehead atoms. The molecular formula is C15H15ClN6. The van der Waals surface area contributed by atoms with Crippen LogP contribution in [0, 0.1) is 11.3 Å². The Morgan fingerprint density at radius 1 is 1.32 bits per heavy atom. The van der Waals surface area contributed by atoms with E-state index < -0.39 is 0 Å². The molecule has 0 fully saturated rings. The average molecular weight is 315 g/mol. The molecule has 0 saturated heterocycles. The number of aromatic nitrogens is 4. The molecule has 0 unspecified atom stereocenters. The van der Waals surface area contributed by atoms with E-state index in [-0.39, 0.29) is 11.1 Å². The van der Waals surface area contributed by atoms with Crippen LogP contribution in [0.5, 0.6) is 0 Å². The van der Waals surface area contributed by atoms with E-state index in [1.165, 1.54) is 0 Å². The Bertz CT molecular complexity index is 834. The van der Waals surface area contributed by atoms with Gasteiger partial charge in [0.1, 0.15) is 5.52 Å². The quantitative estimate of drug-likeness (QED) is 0.734. The van der Waals surface area contributed by atoms with Gasteiger partial charge in [0, 0.05) is 0 Å². The van der Waals surface area contributed by atoms with Crippen molar-refractivity contribution in [1.29, 1.82) is 5.26 Å². The molecule has 112 valence electrons. The molecule has 0 aliphatic rings. The molecule has 0 aliphatic carbocycles. The number of hydrogen-bond donors (Lipinski definition) is 1. The van der Waals surface area contributed by atoms with E-state index in [4.69, 9.17) is 22.6 Å². The first kappa shape index (κ1) is 15.7. The third-order valence-corrected chi connectivity index (χ3v) is 3.04. The van der Waals surface area contributed by atoms with E-state index in [2.05, 4.69) is 21.0 Å². The minimum absolute atomic E-state index is 0.0857. The van der Waals surface area contributed by atoms with E-state index in [1.54, 1.807) is 12.4 Å². The molecule has 22 heavy (non-hydrogen) atoms. The highest BCUT2D eigenvalue weighted by molar-refractivity contribution is 6.28. The van der Waals surface area contributed by atoms with Crippen molar-refractivity contribution < 1.29 is 0 Å². The summed E-state index contributed by atoms with van der Waals surface area (Å²) in [5.74, 6) is 0.254. The number of nitrogens with zero attached hydrogens (tertiary/aromatic N) is 5. The van der Waals surface area contributed by atoms with Crippen molar-refractivity contribution in [3.8, 4) is 6.07 Å². The van der Waals surface area contributed by atoms with Gasteiger partial charge in [0.05, 0.1) is 24.5 Å². The molecule has 0 spiro atoms. The van der Waals surface area contributed by atoms with Crippen molar-refractivity contribution in [1.82, 2.24) is 19.5 Å². The summed E-state index contributed by atoms with van der Waals surface area (Å²) in [4.78, 5) is 12.2. The number of fused-ring (bicyclic) bond motifs is 1. The number of anilines is 1. The van der Waals surface area contributed by atoms with Gasteiger partial charge in [-0.15, -0.1) is 0 Å². The number of hydrogen-bond acceptors (Lipinski definition) is 5. The predicted octanol–water partition coefficient (Wildman–Crippen LogP) is 3.01. The summed E-state index contributed by atoms with van der Waals surface area (Å²) in [6.45, 7) is 4.53. The molecule has 2 heterocycles. The van der Waals surface area contributed by atoms with Crippen LogP contribution in [-0.2, 0) is 6.54 Å². The van der Waals surface area contributed by atoms with Gasteiger partial charge in [-0.2, -0.15) is 15.2 Å². The number of rotatable bonds is 2. The molecule has 0 aliphatic heterocycles. The third kappa shape index (κ3) is 3.15. The van der Waals surface area contributed by atoms with Crippen LogP contribution < -0.4 is 5.73 Å². The minimum atomic E-state index is 0.0857. The zero-order valence-corrected chi connectivity index (χ0v) is 13.0. The second-order valence-electron chi connectivity index (χ2n) is 4.23. The number of nitriles is 1. The van der Waals surface area contributed by atoms with Crippen molar-refractivity contribution in [3.63, 3.8) is 0 Å². The standard InChI is InChI=1S/C13H9ClN6.C2H6/c14-13-18-11(16)10-12(19-13)20(7-17-10)6-9-3-1-2-8(4-9)5-15;1-2/h1-4,7H,6H2,(H2,16,18,19);1-2H3. The number of benzene rings is 1. The lowest BCUT2D eigenvalue weighted by Crippen LogP contribution is -2.01. The van der Waals surface area contributed by atoms with Gasteiger partial charge >= 0.3 is 0 Å². The van der Waals surface area contributed by atoms with Crippen LogP contribution in [0.25, 0.3) is 11.2 Å². The fourth-order valence-corrected chi connectivity index (χ4v) is 2.16. The first-order chi connectivity index (χ1) is 10.7. The number of nitrogens with two attached hydrogens (primary N) is 1. The molecule has 2 N–H and O–H groups in total. The number of halogens is 1. The first-order valence-electron chi connectivity index (χ1n) is 6.80. The maximum absolute atomic E-state index is 8.91. The smallest absolute Gasteiger partial charge is 0.226 e. The lowest BCUT2D eigenvalue weighted by molar-refractivity contribution is 0.813. The van der Waals surface area contributed by atoms with Crippen LogP contribution in [0.4, 0.5) is 5.82 Å². The predicted molar refractivity (Wildman–Crippen MR) is 86.4 cm³/mol. The van der Waals surface area contributed by atoms with E-state index in [0.717, 1.165) is 5.56 Å². The summed E-state index contributed by atoms with van der Waals surface area (Å²) in [7, 11) is 0. The van der Waals surface area contributed by atoms with Crippen LogP contribution in [0.15, 0.2) is 30.6 Å². The zero-order chi connectivity index (χ0) is 16.1. The van der Waals surface area contributed by atoms with Gasteiger partial charge < -0.3 is 10.3 Å². The second-order valence-corrected chi connectivity index (χ2v) is 4.57. The Morgan fingerprint density at radius 3 is 2.82 bits per heavy atom. The van der Waals surface area contributed by atoms with Gasteiger partial charge in [-0.05, 0) is 29.3 Å². The lowest BCUT2D eigenvalue weighted by atomic mass is 10.1. The van der Waals surface area contributed by atoms with E-state index >= 15 is 0 Å². The second kappa shape index (κ2) is 6.87. The van der Waals surface area contributed by atoms with Gasteiger partial charge in [-0.1, -0.05) is 26.0 Å². The Morgan fingerprint density at radius 2 is 2.09 bits per heavy atom. The summed E-state index contributed by atoms with van der Waals surface area (Å²) >= 11 is 5.82. The Balaban J connectivity index is 0.000000847. The van der Waals surface area contributed by atoms with Crippen LogP contribution >= 0.6 is 11.6 Å². The maximum atomic E-state index is 8.91. The van der Waals surface area contributed by atoms with Gasteiger partial charge in [-0.3, -0.25) is 0 Å². The van der Waals surface area contributed by atoms with Crippen LogP contribution in [0.3, 0.4) is 0 Å². The van der Waals surface area contributed by atoms with Gasteiger partial charge in [0.2, 0.25) is 5.28 Å². The highest BCUT2D eigenvalue weighted by atomic mass is 35.5.